The minimum absolute atomic E-state index is 0.152. The van der Waals surface area contributed by atoms with Gasteiger partial charge in [0.15, 0.2) is 0 Å². The first-order chi connectivity index (χ1) is 11.1. The minimum atomic E-state index is -0.793. The average Bonchev–Trinajstić information content (AvgIpc) is 2.81. The quantitative estimate of drug-likeness (QED) is 0.679. The minimum Gasteiger partial charge on any atom is -0.492 e. The van der Waals surface area contributed by atoms with Gasteiger partial charge in [-0.3, -0.25) is 14.3 Å². The van der Waals surface area contributed by atoms with Gasteiger partial charge in [0.25, 0.3) is 0 Å². The van der Waals surface area contributed by atoms with E-state index < -0.39 is 5.97 Å². The third kappa shape index (κ3) is 3.03. The molecule has 120 valence electrons. The van der Waals surface area contributed by atoms with Crippen LogP contribution < -0.4 is 10.4 Å². The number of aromatic nitrogens is 3. The van der Waals surface area contributed by atoms with Crippen molar-refractivity contribution in [3.05, 3.63) is 34.9 Å². The van der Waals surface area contributed by atoms with E-state index in [0.29, 0.717) is 25.2 Å². The number of aliphatic carboxylic acids is 1. The fraction of sp³-hybridized carbons (Fsp3) is 0.312. The van der Waals surface area contributed by atoms with Crippen LogP contribution in [0.2, 0.25) is 0 Å². The Balaban J connectivity index is 1.80. The van der Waals surface area contributed by atoms with Crippen LogP contribution in [0, 0.1) is 0 Å². The van der Waals surface area contributed by atoms with E-state index in [1.165, 1.54) is 4.57 Å². The van der Waals surface area contributed by atoms with Gasteiger partial charge < -0.3 is 14.8 Å². The SMILES string of the molecule is Cn1c(=O)[nH]c2ccc3cc(OCCCCC(=O)O)cnc3c21. The highest BCUT2D eigenvalue weighted by atomic mass is 16.5. The second-order valence-corrected chi connectivity index (χ2v) is 5.39. The maximum Gasteiger partial charge on any atom is 0.326 e. The lowest BCUT2D eigenvalue weighted by molar-refractivity contribution is -0.137. The molecule has 0 unspecified atom stereocenters. The van der Waals surface area contributed by atoms with Gasteiger partial charge in [0.2, 0.25) is 0 Å². The number of benzene rings is 1. The van der Waals surface area contributed by atoms with E-state index >= 15 is 0 Å². The largest absolute Gasteiger partial charge is 0.492 e. The Morgan fingerprint density at radius 3 is 3.00 bits per heavy atom. The number of carbonyl (C=O) groups is 1. The molecule has 0 spiro atoms. The number of hydrogen-bond acceptors (Lipinski definition) is 4. The van der Waals surface area contributed by atoms with Gasteiger partial charge in [-0.2, -0.15) is 0 Å². The Bertz CT molecular complexity index is 926. The molecule has 7 heteroatoms. The van der Waals surface area contributed by atoms with Gasteiger partial charge in [-0.15, -0.1) is 0 Å². The van der Waals surface area contributed by atoms with Crippen LogP contribution in [0.5, 0.6) is 5.75 Å². The van der Waals surface area contributed by atoms with Gasteiger partial charge in [-0.25, -0.2) is 4.79 Å². The number of aryl methyl sites for hydroxylation is 1. The average molecular weight is 315 g/mol. The fourth-order valence-corrected chi connectivity index (χ4v) is 2.55. The van der Waals surface area contributed by atoms with Gasteiger partial charge in [0, 0.05) is 18.9 Å². The lowest BCUT2D eigenvalue weighted by atomic mass is 10.2. The number of nitrogens with one attached hydrogen (secondary N) is 1. The van der Waals surface area contributed by atoms with Gasteiger partial charge in [-0.05, 0) is 25.0 Å². The number of fused-ring (bicyclic) bond motifs is 3. The summed E-state index contributed by atoms with van der Waals surface area (Å²) in [7, 11) is 1.70. The van der Waals surface area contributed by atoms with Crippen LogP contribution in [-0.4, -0.2) is 32.2 Å². The summed E-state index contributed by atoms with van der Waals surface area (Å²) in [5, 5.41) is 9.47. The number of pyridine rings is 1. The molecule has 0 radical (unpaired) electrons. The van der Waals surface area contributed by atoms with E-state index in [1.807, 2.05) is 18.2 Å². The number of rotatable bonds is 6. The van der Waals surface area contributed by atoms with E-state index in [-0.39, 0.29) is 12.1 Å². The van der Waals surface area contributed by atoms with Crippen molar-refractivity contribution in [2.24, 2.45) is 7.05 Å². The van der Waals surface area contributed by atoms with Gasteiger partial charge >= 0.3 is 11.7 Å². The Labute approximate surface area is 131 Å². The highest BCUT2D eigenvalue weighted by Crippen LogP contribution is 2.24. The number of aromatic amines is 1. The molecule has 0 fully saturated rings. The van der Waals surface area contributed by atoms with Crippen LogP contribution in [0.1, 0.15) is 19.3 Å². The predicted octanol–water partition coefficient (Wildman–Crippen LogP) is 2.05. The maximum atomic E-state index is 11.7. The zero-order chi connectivity index (χ0) is 16.4. The van der Waals surface area contributed by atoms with Crippen molar-refractivity contribution in [3.8, 4) is 5.75 Å². The van der Waals surface area contributed by atoms with Crippen molar-refractivity contribution in [3.63, 3.8) is 0 Å². The molecule has 3 rings (SSSR count). The first-order valence-corrected chi connectivity index (χ1v) is 7.38. The summed E-state index contributed by atoms with van der Waals surface area (Å²) in [5.41, 5.74) is 2.08. The third-order valence-corrected chi connectivity index (χ3v) is 3.74. The molecule has 0 atom stereocenters. The van der Waals surface area contributed by atoms with Crippen molar-refractivity contribution in [1.29, 1.82) is 0 Å². The summed E-state index contributed by atoms with van der Waals surface area (Å²) in [4.78, 5) is 29.3. The van der Waals surface area contributed by atoms with Crippen LogP contribution in [0.3, 0.4) is 0 Å². The Hall–Kier alpha value is -2.83. The van der Waals surface area contributed by atoms with Crippen LogP contribution in [0.25, 0.3) is 21.9 Å². The Morgan fingerprint density at radius 2 is 2.22 bits per heavy atom. The zero-order valence-electron chi connectivity index (χ0n) is 12.7. The first-order valence-electron chi connectivity index (χ1n) is 7.38. The smallest absolute Gasteiger partial charge is 0.326 e. The molecule has 2 N–H and O–H groups in total. The van der Waals surface area contributed by atoms with Crippen LogP contribution in [0.15, 0.2) is 29.2 Å². The molecule has 0 amide bonds. The fourth-order valence-electron chi connectivity index (χ4n) is 2.55. The number of nitrogens with zero attached hydrogens (tertiary/aromatic N) is 2. The van der Waals surface area contributed by atoms with E-state index in [1.54, 1.807) is 13.2 Å². The highest BCUT2D eigenvalue weighted by Gasteiger charge is 2.09. The number of hydrogen-bond donors (Lipinski definition) is 2. The predicted molar refractivity (Wildman–Crippen MR) is 85.8 cm³/mol. The lowest BCUT2D eigenvalue weighted by Crippen LogP contribution is -2.12. The molecule has 0 aliphatic heterocycles. The molecule has 1 aromatic carbocycles. The van der Waals surface area contributed by atoms with Crippen LogP contribution in [0.4, 0.5) is 0 Å². The summed E-state index contributed by atoms with van der Waals surface area (Å²) < 4.78 is 7.15. The van der Waals surface area contributed by atoms with Crippen LogP contribution >= 0.6 is 0 Å². The second-order valence-electron chi connectivity index (χ2n) is 5.39. The van der Waals surface area contributed by atoms with Crippen molar-refractivity contribution in [2.45, 2.75) is 19.3 Å². The summed E-state index contributed by atoms with van der Waals surface area (Å²) in [5.74, 6) is -0.161. The first kappa shape index (κ1) is 15.1. The zero-order valence-corrected chi connectivity index (χ0v) is 12.7. The summed E-state index contributed by atoms with van der Waals surface area (Å²) >= 11 is 0. The number of carboxylic acid groups (broad SMARTS) is 1. The van der Waals surface area contributed by atoms with E-state index in [4.69, 9.17) is 9.84 Å². The Kier molecular flexibility index (Phi) is 4.01. The Morgan fingerprint density at radius 1 is 1.39 bits per heavy atom. The molecule has 7 nitrogen and oxygen atoms in total. The molecular formula is C16H17N3O4. The van der Waals surface area contributed by atoms with Gasteiger partial charge in [0.1, 0.15) is 5.75 Å². The van der Waals surface area contributed by atoms with E-state index in [2.05, 4.69) is 9.97 Å². The molecule has 0 saturated carbocycles. The molecule has 0 saturated heterocycles. The van der Waals surface area contributed by atoms with Crippen molar-refractivity contribution in [1.82, 2.24) is 14.5 Å². The van der Waals surface area contributed by atoms with Gasteiger partial charge in [-0.1, -0.05) is 6.07 Å². The molecule has 23 heavy (non-hydrogen) atoms. The molecule has 2 aromatic heterocycles. The molecule has 0 bridgehead atoms. The maximum absolute atomic E-state index is 11.7. The summed E-state index contributed by atoms with van der Waals surface area (Å²) in [6, 6.07) is 5.60. The van der Waals surface area contributed by atoms with Crippen LogP contribution in [-0.2, 0) is 11.8 Å². The molecule has 3 aromatic rings. The lowest BCUT2D eigenvalue weighted by Gasteiger charge is -2.07. The number of carboxylic acids is 1. The molecule has 2 heterocycles. The number of H-pyrrole nitrogens is 1. The van der Waals surface area contributed by atoms with Crippen molar-refractivity contribution >= 4 is 27.9 Å². The summed E-state index contributed by atoms with van der Waals surface area (Å²) in [6.07, 6.45) is 3.04. The monoisotopic (exact) mass is 315 g/mol. The topological polar surface area (TPSA) is 97.2 Å². The molecule has 0 aliphatic carbocycles. The normalized spacial score (nSPS) is 11.2. The van der Waals surface area contributed by atoms with E-state index in [9.17, 15) is 9.59 Å². The van der Waals surface area contributed by atoms with Gasteiger partial charge in [0.05, 0.1) is 29.4 Å². The molecule has 0 aliphatic rings. The second kappa shape index (κ2) is 6.12. The number of imidazole rings is 1. The number of ether oxygens (including phenoxy) is 1. The molecular weight excluding hydrogens is 298 g/mol. The van der Waals surface area contributed by atoms with Crippen molar-refractivity contribution < 1.29 is 14.6 Å². The highest BCUT2D eigenvalue weighted by molar-refractivity contribution is 6.02. The number of unbranched alkanes of at least 4 members (excludes halogenated alkanes) is 1. The standard InChI is InChI=1S/C16H17N3O4/c1-19-15-12(18-16(19)22)6-5-10-8-11(9-17-14(10)15)23-7-3-2-4-13(20)21/h5-6,8-9H,2-4,7H2,1H3,(H,18,22)(H,20,21). The van der Waals surface area contributed by atoms with Crippen molar-refractivity contribution in [2.75, 3.05) is 6.61 Å². The van der Waals surface area contributed by atoms with E-state index in [0.717, 1.165) is 21.9 Å². The third-order valence-electron chi connectivity index (χ3n) is 3.74. The summed E-state index contributed by atoms with van der Waals surface area (Å²) in [6.45, 7) is 0.450.